The van der Waals surface area contributed by atoms with E-state index in [1.165, 1.54) is 32.4 Å². The number of hydrogen-bond acceptors (Lipinski definition) is 18. The van der Waals surface area contributed by atoms with Gasteiger partial charge in [-0.1, -0.05) is 85.7 Å². The molecule has 2 aromatic carbocycles. The van der Waals surface area contributed by atoms with E-state index in [9.17, 15) is 45.6 Å². The van der Waals surface area contributed by atoms with Crippen molar-refractivity contribution in [1.82, 2.24) is 16.0 Å². The van der Waals surface area contributed by atoms with Crippen molar-refractivity contribution in [2.75, 3.05) is 50.3 Å². The summed E-state index contributed by atoms with van der Waals surface area (Å²) in [5, 5.41) is 7.31. The average Bonchev–Trinajstić information content (AvgIpc) is 3.32. The predicted octanol–water partition coefficient (Wildman–Crippen LogP) is 7.22. The monoisotopic (exact) mass is 1120 g/mol. The molecule has 25 heteroatoms. The lowest BCUT2D eigenvalue weighted by Gasteiger charge is -2.19. The summed E-state index contributed by atoms with van der Waals surface area (Å²) in [5.41, 5.74) is 1.34. The van der Waals surface area contributed by atoms with Crippen LogP contribution in [0.3, 0.4) is 0 Å². The van der Waals surface area contributed by atoms with Crippen LogP contribution in [-0.4, -0.2) is 124 Å². The van der Waals surface area contributed by atoms with E-state index in [0.717, 1.165) is 59.3 Å². The molecule has 2 unspecified atom stereocenters. The molecule has 0 spiro atoms. The minimum Gasteiger partial charge on any atom is -0.493 e. The lowest BCUT2D eigenvalue weighted by Crippen LogP contribution is -2.42. The molecular weight excluding hydrogens is 1050 g/mol. The van der Waals surface area contributed by atoms with Crippen molar-refractivity contribution in [2.45, 2.75) is 111 Å². The Labute approximate surface area is 442 Å². The van der Waals surface area contributed by atoms with Crippen LogP contribution < -0.4 is 34.9 Å². The number of methoxy groups -OCH3 is 2. The van der Waals surface area contributed by atoms with Gasteiger partial charge in [-0.15, -0.1) is 0 Å². The number of unbranched alkanes of at least 4 members (excludes halogenated alkanes) is 4. The molecule has 0 fully saturated rings. The Bertz CT molecular complexity index is 2250. The second-order valence-electron chi connectivity index (χ2n) is 17.3. The first-order valence-electron chi connectivity index (χ1n) is 23.9. The highest BCUT2D eigenvalue weighted by atomic mass is 33.1. The molecule has 414 valence electrons. The van der Waals surface area contributed by atoms with Crippen LogP contribution in [0.15, 0.2) is 60.7 Å². The molecule has 0 aliphatic rings. The number of ether oxygens (including phenoxy) is 6. The maximum Gasteiger partial charge on any atom is 0.514 e. The molecule has 0 aliphatic carbocycles. The van der Waals surface area contributed by atoms with Gasteiger partial charge in [-0.25, -0.2) is 9.59 Å². The molecule has 2 atom stereocenters. The van der Waals surface area contributed by atoms with Gasteiger partial charge in [0.2, 0.25) is 5.91 Å². The van der Waals surface area contributed by atoms with Crippen molar-refractivity contribution in [1.29, 1.82) is 0 Å². The number of benzene rings is 2. The number of hydrogen-bond donors (Lipinski definition) is 5. The van der Waals surface area contributed by atoms with Gasteiger partial charge in [-0.2, -0.15) is 16.8 Å². The van der Waals surface area contributed by atoms with Crippen molar-refractivity contribution in [2.24, 2.45) is 11.8 Å². The maximum absolute atomic E-state index is 13.2. The number of nitrogens with one attached hydrogen (secondary N) is 3. The Balaban J connectivity index is 2.11. The average molecular weight is 1120 g/mol. The zero-order valence-corrected chi connectivity index (χ0v) is 45.9. The molecule has 2 rings (SSSR count). The summed E-state index contributed by atoms with van der Waals surface area (Å²) in [6.45, 7) is 7.38. The van der Waals surface area contributed by atoms with Crippen LogP contribution in [0.2, 0.25) is 0 Å². The summed E-state index contributed by atoms with van der Waals surface area (Å²) in [4.78, 5) is 77.5. The van der Waals surface area contributed by atoms with E-state index in [2.05, 4.69) is 67.9 Å². The van der Waals surface area contributed by atoms with Gasteiger partial charge in [-0.3, -0.25) is 28.3 Å². The van der Waals surface area contributed by atoms with E-state index in [4.69, 9.17) is 37.5 Å². The third kappa shape index (κ3) is 30.1. The van der Waals surface area contributed by atoms with E-state index in [1.807, 2.05) is 0 Å². The lowest BCUT2D eigenvalue weighted by atomic mass is 10.0. The molecule has 0 aliphatic heterocycles. The lowest BCUT2D eigenvalue weighted by molar-refractivity contribution is -0.129. The predicted molar refractivity (Wildman–Crippen MR) is 282 cm³/mol. The Hall–Kier alpha value is -5.34. The smallest absolute Gasteiger partial charge is 0.493 e. The minimum absolute atomic E-state index is 0.0786. The number of carbonyl (C=O) groups excluding carboxylic acids is 6. The van der Waals surface area contributed by atoms with Gasteiger partial charge in [0.05, 0.1) is 37.2 Å². The highest BCUT2D eigenvalue weighted by Crippen LogP contribution is 2.31. The molecule has 5 N–H and O–H groups in total. The van der Waals surface area contributed by atoms with Gasteiger partial charge in [0.1, 0.15) is 5.78 Å². The highest BCUT2D eigenvalue weighted by molar-refractivity contribution is 8.76. The van der Waals surface area contributed by atoms with Crippen molar-refractivity contribution in [3.05, 3.63) is 71.8 Å². The number of aryl methyl sites for hydroxylation is 1. The van der Waals surface area contributed by atoms with E-state index >= 15 is 0 Å². The first kappa shape index (κ1) is 64.8. The topological polar surface area (TPSA) is 303 Å². The van der Waals surface area contributed by atoms with Crippen LogP contribution >= 0.6 is 21.6 Å². The number of allylic oxidation sites excluding steroid dienone is 4. The van der Waals surface area contributed by atoms with E-state index in [1.54, 1.807) is 18.2 Å². The first-order chi connectivity index (χ1) is 35.0. The maximum atomic E-state index is 13.2. The molecule has 0 bridgehead atoms. The summed E-state index contributed by atoms with van der Waals surface area (Å²) in [6.07, 6.45) is 8.88. The molecule has 0 radical (unpaired) electrons. The summed E-state index contributed by atoms with van der Waals surface area (Å²) >= 11 is 0. The molecule has 0 heterocycles. The number of ketones is 1. The molecule has 3 amide bonds. The normalized spacial score (nSPS) is 12.6. The number of Topliss-reactive ketones (excluding diaryl/α,β-unsaturated/α-hetero) is 1. The Morgan fingerprint density at radius 2 is 1.04 bits per heavy atom. The van der Waals surface area contributed by atoms with Gasteiger partial charge in [0, 0.05) is 38.9 Å². The van der Waals surface area contributed by atoms with Crippen LogP contribution in [0.25, 0.3) is 0 Å². The van der Waals surface area contributed by atoms with E-state index in [-0.39, 0.29) is 52.7 Å². The number of carbonyl (C=O) groups is 6. The Kier molecular flexibility index (Phi) is 30.7. The Morgan fingerprint density at radius 3 is 1.49 bits per heavy atom. The first-order valence-corrected chi connectivity index (χ1v) is 29.6. The summed E-state index contributed by atoms with van der Waals surface area (Å²) in [7, 11) is -4.69. The summed E-state index contributed by atoms with van der Waals surface area (Å²) < 4.78 is 95.6. The summed E-state index contributed by atoms with van der Waals surface area (Å²) in [5.74, 6) is -3.61. The minimum atomic E-state index is -4.49. The van der Waals surface area contributed by atoms with Crippen molar-refractivity contribution < 1.29 is 83.1 Å². The standard InChI is InChI=1S/C49H71N3O18S4/c1-34(2)15-11-7-9-13-17-38(53)22-19-36-20-23-39(41(29-36)65-5)67-48(57)69-43(46(55)50-25-27-73(59,60)61)32-71-72-33-44(47(56)51-26-28-74(62,63)64)70-49(58)68-40-24-21-37(30-42(40)66-6)31-52-45(54)18-14-10-8-12-16-35(3)4/h11-12,15-16,20-21,23-24,29-30,34-35,43-44H,7-10,13-14,17-19,22,25-28,31-33H2,1-6H3,(H,50,55)(H,51,56)(H,52,54)(H,59,60,61)(H,62,63,64)/b15-11+,16-12+. The second-order valence-corrected chi connectivity index (χ2v) is 23.0. The van der Waals surface area contributed by atoms with Crippen molar-refractivity contribution in [3.8, 4) is 23.0 Å². The quantitative estimate of drug-likeness (QED) is 0.0112. The molecule has 21 nitrogen and oxygen atoms in total. The van der Waals surface area contributed by atoms with Crippen LogP contribution in [0, 0.1) is 11.8 Å². The Morgan fingerprint density at radius 1 is 0.595 bits per heavy atom. The highest BCUT2D eigenvalue weighted by Gasteiger charge is 2.29. The van der Waals surface area contributed by atoms with Gasteiger partial charge in [0.15, 0.2) is 35.2 Å². The van der Waals surface area contributed by atoms with Gasteiger partial charge < -0.3 is 44.4 Å². The van der Waals surface area contributed by atoms with Crippen LogP contribution in [-0.2, 0) is 61.9 Å². The molecule has 0 saturated carbocycles. The molecular formula is C49H71N3O18S4. The van der Waals surface area contributed by atoms with Crippen LogP contribution in [0.5, 0.6) is 23.0 Å². The fourth-order valence-electron chi connectivity index (χ4n) is 6.27. The molecule has 2 aromatic rings. The zero-order chi connectivity index (χ0) is 55.1. The molecule has 0 aromatic heterocycles. The number of amides is 3. The fourth-order valence-corrected chi connectivity index (χ4v) is 9.18. The number of rotatable bonds is 36. The van der Waals surface area contributed by atoms with Gasteiger partial charge in [-0.05, 0) is 92.2 Å². The van der Waals surface area contributed by atoms with Crippen LogP contribution in [0.1, 0.15) is 96.6 Å². The molecule has 74 heavy (non-hydrogen) atoms. The largest absolute Gasteiger partial charge is 0.514 e. The van der Waals surface area contributed by atoms with Crippen LogP contribution in [0.4, 0.5) is 9.59 Å². The van der Waals surface area contributed by atoms with Crippen molar-refractivity contribution in [3.63, 3.8) is 0 Å². The third-order valence-electron chi connectivity index (χ3n) is 10.1. The molecule has 0 saturated heterocycles. The van der Waals surface area contributed by atoms with E-state index in [0.29, 0.717) is 49.5 Å². The van der Waals surface area contributed by atoms with Crippen molar-refractivity contribution >= 4 is 77.6 Å². The van der Waals surface area contributed by atoms with Gasteiger partial charge in [0.25, 0.3) is 32.1 Å². The van der Waals surface area contributed by atoms with E-state index < -0.39 is 81.2 Å². The SMILES string of the molecule is COc1cc(CCC(=O)CCCC/C=C/C(C)C)ccc1OC(=O)OC(CSSCC(OC(=O)Oc1ccc(CNC(=O)CCCC/C=C/C(C)C)cc1OC)C(=O)NCCS(=O)(=O)O)C(=O)NCCS(=O)(=O)O. The van der Waals surface area contributed by atoms with Gasteiger partial charge >= 0.3 is 12.3 Å². The fraction of sp³-hybridized carbons (Fsp3) is 0.551. The third-order valence-corrected chi connectivity index (χ3v) is 13.9. The summed E-state index contributed by atoms with van der Waals surface area (Å²) in [6, 6.07) is 9.10. The second kappa shape index (κ2) is 35.0. The zero-order valence-electron chi connectivity index (χ0n) is 42.7.